The second kappa shape index (κ2) is 9.00. The van der Waals surface area contributed by atoms with E-state index in [1.165, 1.54) is 11.2 Å². The quantitative estimate of drug-likeness (QED) is 0.350. The van der Waals surface area contributed by atoms with Gasteiger partial charge in [0, 0.05) is 11.8 Å². The van der Waals surface area contributed by atoms with Gasteiger partial charge in [-0.15, -0.1) is 0 Å². The van der Waals surface area contributed by atoms with Crippen molar-refractivity contribution in [3.8, 4) is 16.9 Å². The molecule has 1 aliphatic carbocycles. The van der Waals surface area contributed by atoms with Crippen molar-refractivity contribution in [2.75, 3.05) is 10.6 Å². The van der Waals surface area contributed by atoms with E-state index in [1.54, 1.807) is 46.4 Å². The number of nitrogens with two attached hydrogens (primary N) is 3. The lowest BCUT2D eigenvalue weighted by molar-refractivity contribution is -0.212. The molecular weight excluding hydrogens is 509 g/mol. The van der Waals surface area contributed by atoms with Crippen LogP contribution in [0.25, 0.3) is 16.9 Å². The summed E-state index contributed by atoms with van der Waals surface area (Å²) in [7, 11) is 0. The highest BCUT2D eigenvalue weighted by Gasteiger charge is 2.70. The fourth-order valence-corrected chi connectivity index (χ4v) is 5.37. The molecule has 0 spiro atoms. The van der Waals surface area contributed by atoms with Gasteiger partial charge < -0.3 is 16.4 Å². The van der Waals surface area contributed by atoms with Gasteiger partial charge in [-0.25, -0.2) is 24.5 Å². The summed E-state index contributed by atoms with van der Waals surface area (Å²) < 4.78 is 44.8. The molecule has 1 fully saturated rings. The molecule has 39 heavy (non-hydrogen) atoms. The van der Waals surface area contributed by atoms with Crippen LogP contribution in [0.2, 0.25) is 0 Å². The summed E-state index contributed by atoms with van der Waals surface area (Å²) in [6.07, 6.45) is -2.39. The molecule has 2 aliphatic rings. The summed E-state index contributed by atoms with van der Waals surface area (Å²) in [5.41, 5.74) is 20.5. The van der Waals surface area contributed by atoms with Gasteiger partial charge in [-0.3, -0.25) is 5.73 Å². The molecule has 1 aromatic carbocycles. The lowest BCUT2D eigenvalue weighted by Gasteiger charge is -2.52. The number of aromatic nitrogens is 5. The minimum absolute atomic E-state index is 0.0797. The maximum absolute atomic E-state index is 14.4. The van der Waals surface area contributed by atoms with Crippen molar-refractivity contribution < 1.29 is 13.2 Å². The summed E-state index contributed by atoms with van der Waals surface area (Å²) in [5, 5.41) is 4.13. The third kappa shape index (κ3) is 4.09. The molecule has 3 unspecified atom stereocenters. The first-order chi connectivity index (χ1) is 18.6. The monoisotopic (exact) mass is 536 g/mol. The smallest absolute Gasteiger partial charge is 0.384 e. The predicted octanol–water partition coefficient (Wildman–Crippen LogP) is 3.48. The van der Waals surface area contributed by atoms with Crippen molar-refractivity contribution in [1.82, 2.24) is 29.6 Å². The van der Waals surface area contributed by atoms with E-state index in [2.05, 4.69) is 15.1 Å². The molecule has 6 rings (SSSR count). The van der Waals surface area contributed by atoms with E-state index in [4.69, 9.17) is 22.2 Å². The molecule has 0 saturated heterocycles. The zero-order valence-corrected chi connectivity index (χ0v) is 21.0. The number of anilines is 2. The molecule has 0 radical (unpaired) electrons. The average molecular weight is 537 g/mol. The van der Waals surface area contributed by atoms with Gasteiger partial charge >= 0.3 is 6.18 Å². The van der Waals surface area contributed by atoms with Crippen molar-refractivity contribution >= 4 is 11.5 Å². The third-order valence-corrected chi connectivity index (χ3v) is 7.63. The summed E-state index contributed by atoms with van der Waals surface area (Å²) >= 11 is 0. The molecule has 13 heteroatoms. The number of alkyl halides is 3. The minimum Gasteiger partial charge on any atom is -0.384 e. The number of halogens is 3. The Hall–Kier alpha value is -4.07. The molecule has 4 heterocycles. The molecule has 3 aromatic heterocycles. The minimum atomic E-state index is -4.51. The Balaban J connectivity index is 1.44. The number of hydrogen-bond donors (Lipinski definition) is 3. The van der Waals surface area contributed by atoms with E-state index in [0.29, 0.717) is 28.5 Å². The third-order valence-electron chi connectivity index (χ3n) is 7.63. The van der Waals surface area contributed by atoms with Crippen molar-refractivity contribution in [3.63, 3.8) is 0 Å². The van der Waals surface area contributed by atoms with Crippen LogP contribution in [0.5, 0.6) is 0 Å². The van der Waals surface area contributed by atoms with Gasteiger partial charge in [-0.05, 0) is 61.7 Å². The largest absolute Gasteiger partial charge is 0.406 e. The summed E-state index contributed by atoms with van der Waals surface area (Å²) in [4.78, 5) is 15.7. The highest BCUT2D eigenvalue weighted by atomic mass is 19.4. The SMILES string of the molecule is CC(c1ccc(-n2cncn2)cc1)N1c2ccc(-c3ccc(N)nc3)nc2C(N)N(C2(C(F)(F)F)CC2)C1N. The van der Waals surface area contributed by atoms with Crippen LogP contribution in [-0.4, -0.2) is 47.6 Å². The van der Waals surface area contributed by atoms with E-state index >= 15 is 0 Å². The normalized spacial score (nSPS) is 21.4. The Morgan fingerprint density at radius 3 is 2.36 bits per heavy atom. The maximum atomic E-state index is 14.4. The highest BCUT2D eigenvalue weighted by Crippen LogP contribution is 2.58. The van der Waals surface area contributed by atoms with Crippen LogP contribution in [-0.2, 0) is 0 Å². The molecule has 0 amide bonds. The van der Waals surface area contributed by atoms with E-state index in [9.17, 15) is 13.2 Å². The van der Waals surface area contributed by atoms with Crippen LogP contribution in [0.1, 0.15) is 43.2 Å². The van der Waals surface area contributed by atoms with Gasteiger partial charge in [0.15, 0.2) is 0 Å². The fraction of sp³-hybridized carbons (Fsp3) is 0.308. The van der Waals surface area contributed by atoms with Crippen molar-refractivity contribution in [3.05, 3.63) is 78.6 Å². The van der Waals surface area contributed by atoms with Gasteiger partial charge in [0.1, 0.15) is 36.5 Å². The number of hydrogen-bond acceptors (Lipinski definition) is 9. The summed E-state index contributed by atoms with van der Waals surface area (Å²) in [6, 6.07) is 14.1. The Morgan fingerprint density at radius 2 is 1.77 bits per heavy atom. The maximum Gasteiger partial charge on any atom is 0.406 e. The molecule has 1 saturated carbocycles. The zero-order valence-electron chi connectivity index (χ0n) is 21.0. The van der Waals surface area contributed by atoms with E-state index in [1.807, 2.05) is 31.2 Å². The van der Waals surface area contributed by atoms with Crippen molar-refractivity contribution in [2.45, 2.75) is 50.0 Å². The molecule has 3 atom stereocenters. The Bertz CT molecular complexity index is 1470. The lowest BCUT2D eigenvalue weighted by atomic mass is 10.00. The lowest BCUT2D eigenvalue weighted by Crippen LogP contribution is -2.67. The fourth-order valence-electron chi connectivity index (χ4n) is 5.37. The summed E-state index contributed by atoms with van der Waals surface area (Å²) in [5.74, 6) is 0.348. The molecule has 202 valence electrons. The first kappa shape index (κ1) is 25.2. The van der Waals surface area contributed by atoms with Crippen molar-refractivity contribution in [2.24, 2.45) is 11.5 Å². The molecule has 4 aromatic rings. The zero-order chi connectivity index (χ0) is 27.5. The molecule has 6 N–H and O–H groups in total. The van der Waals surface area contributed by atoms with Crippen LogP contribution in [0.3, 0.4) is 0 Å². The topological polar surface area (TPSA) is 141 Å². The van der Waals surface area contributed by atoms with E-state index < -0.39 is 30.2 Å². The first-order valence-electron chi connectivity index (χ1n) is 12.4. The first-order valence-corrected chi connectivity index (χ1v) is 12.4. The van der Waals surface area contributed by atoms with Crippen molar-refractivity contribution in [1.29, 1.82) is 0 Å². The molecule has 0 bridgehead atoms. The van der Waals surface area contributed by atoms with Gasteiger partial charge in [0.05, 0.1) is 28.8 Å². The number of pyridine rings is 2. The number of nitrogens with zero attached hydrogens (tertiary/aromatic N) is 7. The van der Waals surface area contributed by atoms with Crippen LogP contribution < -0.4 is 22.1 Å². The van der Waals surface area contributed by atoms with Gasteiger partial charge in [-0.1, -0.05) is 12.1 Å². The van der Waals surface area contributed by atoms with E-state index in [0.717, 1.165) is 11.3 Å². The molecule has 10 nitrogen and oxygen atoms in total. The van der Waals surface area contributed by atoms with Crippen LogP contribution in [0.4, 0.5) is 24.7 Å². The summed E-state index contributed by atoms with van der Waals surface area (Å²) in [6.45, 7) is 1.90. The Kier molecular flexibility index (Phi) is 5.82. The van der Waals surface area contributed by atoms with Crippen LogP contribution in [0.15, 0.2) is 67.4 Å². The molecule has 1 aliphatic heterocycles. The number of fused-ring (bicyclic) bond motifs is 1. The number of nitrogen functional groups attached to an aromatic ring is 1. The Morgan fingerprint density at radius 1 is 1.03 bits per heavy atom. The standard InChI is InChI=1S/C26H27F3N10/c1-15(16-2-5-18(6-3-16)37-14-33-13-35-37)38-20-8-7-19(17-4-9-21(30)34-12-17)36-22(20)23(31)39(24(38)32)25(10-11-25)26(27,28)29/h2-9,12-15,23-24H,10-11,31-32H2,1H3,(H2,30,34). The van der Waals surface area contributed by atoms with Gasteiger partial charge in [0.2, 0.25) is 0 Å². The highest BCUT2D eigenvalue weighted by molar-refractivity contribution is 5.66. The molecular formula is C26H27F3N10. The Labute approximate surface area is 222 Å². The number of rotatable bonds is 5. The average Bonchev–Trinajstić information content (AvgIpc) is 3.54. The van der Waals surface area contributed by atoms with Gasteiger partial charge in [0.25, 0.3) is 0 Å². The number of benzene rings is 1. The second-order valence-corrected chi connectivity index (χ2v) is 9.88. The second-order valence-electron chi connectivity index (χ2n) is 9.88. The van der Waals surface area contributed by atoms with Crippen LogP contribution in [0, 0.1) is 0 Å². The van der Waals surface area contributed by atoms with Crippen LogP contribution >= 0.6 is 0 Å². The van der Waals surface area contributed by atoms with E-state index in [-0.39, 0.29) is 12.8 Å². The van der Waals surface area contributed by atoms with Gasteiger partial charge in [-0.2, -0.15) is 18.3 Å². The predicted molar refractivity (Wildman–Crippen MR) is 139 cm³/mol.